The average molecular weight is 415 g/mol. The van der Waals surface area contributed by atoms with Crippen LogP contribution < -0.4 is 0 Å². The molecule has 30 heavy (non-hydrogen) atoms. The molecule has 4 rings (SSSR count). The molecule has 5 nitrogen and oxygen atoms in total. The van der Waals surface area contributed by atoms with Crippen LogP contribution in [0.25, 0.3) is 11.4 Å². The zero-order valence-electron chi connectivity index (χ0n) is 16.3. The number of aryl methyl sites for hydroxylation is 1. The molecule has 8 heteroatoms. The van der Waals surface area contributed by atoms with E-state index in [1.54, 1.807) is 4.90 Å². The van der Waals surface area contributed by atoms with Gasteiger partial charge < -0.3 is 9.42 Å². The molecule has 0 N–H and O–H groups in total. The molecule has 1 saturated heterocycles. The maximum Gasteiger partial charge on any atom is 0.416 e. The van der Waals surface area contributed by atoms with Crippen LogP contribution >= 0.6 is 0 Å². The molecule has 156 valence electrons. The molecule has 1 aliphatic heterocycles. The van der Waals surface area contributed by atoms with Crippen LogP contribution in [0.5, 0.6) is 0 Å². The van der Waals surface area contributed by atoms with E-state index in [0.717, 1.165) is 36.1 Å². The SMILES string of the molecule is Cc1cccc(-c2noc(C3CCCN(C(=O)c4ccc(C(F)(F)F)cc4)C3)n2)c1. The smallest absolute Gasteiger partial charge is 0.339 e. The summed E-state index contributed by atoms with van der Waals surface area (Å²) in [6, 6.07) is 12.1. The van der Waals surface area contributed by atoms with Crippen LogP contribution in [-0.2, 0) is 6.18 Å². The van der Waals surface area contributed by atoms with Crippen molar-refractivity contribution in [1.29, 1.82) is 0 Å². The number of halogens is 3. The van der Waals surface area contributed by atoms with Crippen molar-refractivity contribution in [3.05, 3.63) is 71.1 Å². The predicted octanol–water partition coefficient (Wildman–Crippen LogP) is 5.08. The molecule has 1 atom stereocenters. The molecule has 0 spiro atoms. The summed E-state index contributed by atoms with van der Waals surface area (Å²) in [6.07, 6.45) is -2.88. The second kappa shape index (κ2) is 7.93. The van der Waals surface area contributed by atoms with Crippen molar-refractivity contribution < 1.29 is 22.5 Å². The van der Waals surface area contributed by atoms with Gasteiger partial charge in [-0.05, 0) is 50.1 Å². The lowest BCUT2D eigenvalue weighted by Gasteiger charge is -2.31. The molecule has 0 bridgehead atoms. The number of aromatic nitrogens is 2. The largest absolute Gasteiger partial charge is 0.416 e. The fraction of sp³-hybridized carbons (Fsp3) is 0.318. The van der Waals surface area contributed by atoms with Gasteiger partial charge in [-0.2, -0.15) is 18.2 Å². The molecule has 2 heterocycles. The average Bonchev–Trinajstić information content (AvgIpc) is 3.23. The number of nitrogens with zero attached hydrogens (tertiary/aromatic N) is 3. The zero-order chi connectivity index (χ0) is 21.3. The summed E-state index contributed by atoms with van der Waals surface area (Å²) in [5.74, 6) is 0.561. The molecule has 0 radical (unpaired) electrons. The van der Waals surface area contributed by atoms with E-state index in [1.165, 1.54) is 12.1 Å². The number of carbonyl (C=O) groups excluding carboxylic acids is 1. The number of carbonyl (C=O) groups is 1. The van der Waals surface area contributed by atoms with Crippen LogP contribution in [-0.4, -0.2) is 34.0 Å². The Labute approximate surface area is 171 Å². The summed E-state index contributed by atoms with van der Waals surface area (Å²) < 4.78 is 43.7. The Morgan fingerprint density at radius 1 is 1.17 bits per heavy atom. The fourth-order valence-corrected chi connectivity index (χ4v) is 3.65. The molecule has 0 aliphatic carbocycles. The first-order chi connectivity index (χ1) is 14.3. The third kappa shape index (κ3) is 4.22. The number of benzene rings is 2. The van der Waals surface area contributed by atoms with E-state index in [4.69, 9.17) is 4.52 Å². The van der Waals surface area contributed by atoms with Crippen molar-refractivity contribution in [3.8, 4) is 11.4 Å². The van der Waals surface area contributed by atoms with E-state index in [9.17, 15) is 18.0 Å². The molecule has 0 saturated carbocycles. The minimum Gasteiger partial charge on any atom is -0.339 e. The third-order valence-corrected chi connectivity index (χ3v) is 5.24. The molecule has 1 aromatic heterocycles. The van der Waals surface area contributed by atoms with Gasteiger partial charge in [0, 0.05) is 24.2 Å². The second-order valence-corrected chi connectivity index (χ2v) is 7.49. The van der Waals surface area contributed by atoms with Gasteiger partial charge in [-0.3, -0.25) is 4.79 Å². The number of likely N-dealkylation sites (tertiary alicyclic amines) is 1. The van der Waals surface area contributed by atoms with Gasteiger partial charge in [0.1, 0.15) is 0 Å². The van der Waals surface area contributed by atoms with Gasteiger partial charge in [-0.15, -0.1) is 0 Å². The van der Waals surface area contributed by atoms with Crippen LogP contribution in [0.15, 0.2) is 53.1 Å². The standard InChI is InChI=1S/C22H20F3N3O2/c1-14-4-2-5-16(12-14)19-26-20(30-27-19)17-6-3-11-28(13-17)21(29)15-7-9-18(10-8-15)22(23,24)25/h2,4-5,7-10,12,17H,3,6,11,13H2,1H3. The molecular weight excluding hydrogens is 395 g/mol. The monoisotopic (exact) mass is 415 g/mol. The van der Waals surface area contributed by atoms with E-state index in [2.05, 4.69) is 10.1 Å². The number of amides is 1. The predicted molar refractivity (Wildman–Crippen MR) is 104 cm³/mol. The Balaban J connectivity index is 1.48. The molecule has 1 unspecified atom stereocenters. The molecule has 1 aliphatic rings. The van der Waals surface area contributed by atoms with Crippen molar-refractivity contribution in [1.82, 2.24) is 15.0 Å². The van der Waals surface area contributed by atoms with Crippen LogP contribution in [0, 0.1) is 6.92 Å². The summed E-state index contributed by atoms with van der Waals surface area (Å²) >= 11 is 0. The lowest BCUT2D eigenvalue weighted by atomic mass is 9.97. The van der Waals surface area contributed by atoms with E-state index < -0.39 is 11.7 Å². The number of rotatable bonds is 3. The topological polar surface area (TPSA) is 59.2 Å². The molecule has 2 aromatic carbocycles. The van der Waals surface area contributed by atoms with Gasteiger partial charge in [0.2, 0.25) is 11.7 Å². The molecule has 1 fully saturated rings. The van der Waals surface area contributed by atoms with Gasteiger partial charge in [0.15, 0.2) is 0 Å². The summed E-state index contributed by atoms with van der Waals surface area (Å²) in [5, 5.41) is 4.07. The highest BCUT2D eigenvalue weighted by Gasteiger charge is 2.32. The van der Waals surface area contributed by atoms with Gasteiger partial charge in [0.05, 0.1) is 11.5 Å². The maximum absolute atomic E-state index is 12.8. The van der Waals surface area contributed by atoms with Crippen LogP contribution in [0.3, 0.4) is 0 Å². The minimum atomic E-state index is -4.43. The number of hydrogen-bond acceptors (Lipinski definition) is 4. The van der Waals surface area contributed by atoms with Crippen molar-refractivity contribution in [2.45, 2.75) is 31.9 Å². The van der Waals surface area contributed by atoms with Gasteiger partial charge in [-0.1, -0.05) is 28.9 Å². The van der Waals surface area contributed by atoms with Crippen LogP contribution in [0.1, 0.15) is 46.1 Å². The van der Waals surface area contributed by atoms with Gasteiger partial charge in [-0.25, -0.2) is 0 Å². The highest BCUT2D eigenvalue weighted by atomic mass is 19.4. The lowest BCUT2D eigenvalue weighted by molar-refractivity contribution is -0.137. The van der Waals surface area contributed by atoms with Gasteiger partial charge in [0.25, 0.3) is 5.91 Å². The number of alkyl halides is 3. The van der Waals surface area contributed by atoms with Crippen LogP contribution in [0.4, 0.5) is 13.2 Å². The molecule has 1 amide bonds. The summed E-state index contributed by atoms with van der Waals surface area (Å²) in [4.78, 5) is 18.9. The van der Waals surface area contributed by atoms with Crippen molar-refractivity contribution in [2.75, 3.05) is 13.1 Å². The van der Waals surface area contributed by atoms with E-state index in [0.29, 0.717) is 24.8 Å². The Kier molecular flexibility index (Phi) is 5.32. The van der Waals surface area contributed by atoms with E-state index in [-0.39, 0.29) is 17.4 Å². The highest BCUT2D eigenvalue weighted by molar-refractivity contribution is 5.94. The van der Waals surface area contributed by atoms with Crippen molar-refractivity contribution in [2.24, 2.45) is 0 Å². The number of hydrogen-bond donors (Lipinski definition) is 0. The zero-order valence-corrected chi connectivity index (χ0v) is 16.3. The summed E-state index contributed by atoms with van der Waals surface area (Å²) in [7, 11) is 0. The second-order valence-electron chi connectivity index (χ2n) is 7.49. The van der Waals surface area contributed by atoms with E-state index >= 15 is 0 Å². The first kappa shape index (κ1) is 20.1. The van der Waals surface area contributed by atoms with Crippen molar-refractivity contribution >= 4 is 5.91 Å². The third-order valence-electron chi connectivity index (χ3n) is 5.24. The van der Waals surface area contributed by atoms with Crippen LogP contribution in [0.2, 0.25) is 0 Å². The normalized spacial score (nSPS) is 17.2. The molecule has 3 aromatic rings. The first-order valence-electron chi connectivity index (χ1n) is 9.68. The Morgan fingerprint density at radius 2 is 1.93 bits per heavy atom. The number of piperidine rings is 1. The summed E-state index contributed by atoms with van der Waals surface area (Å²) in [5.41, 5.74) is 1.41. The summed E-state index contributed by atoms with van der Waals surface area (Å²) in [6.45, 7) is 2.90. The fourth-order valence-electron chi connectivity index (χ4n) is 3.65. The Bertz CT molecular complexity index is 1040. The quantitative estimate of drug-likeness (QED) is 0.598. The van der Waals surface area contributed by atoms with E-state index in [1.807, 2.05) is 31.2 Å². The highest BCUT2D eigenvalue weighted by Crippen LogP contribution is 2.31. The minimum absolute atomic E-state index is 0.108. The lowest BCUT2D eigenvalue weighted by Crippen LogP contribution is -2.39. The maximum atomic E-state index is 12.8. The first-order valence-corrected chi connectivity index (χ1v) is 9.68. The Hall–Kier alpha value is -3.16. The molecular formula is C22H20F3N3O2. The van der Waals surface area contributed by atoms with Gasteiger partial charge >= 0.3 is 6.18 Å². The Morgan fingerprint density at radius 3 is 2.63 bits per heavy atom. The van der Waals surface area contributed by atoms with Crippen molar-refractivity contribution in [3.63, 3.8) is 0 Å².